The summed E-state index contributed by atoms with van der Waals surface area (Å²) in [5, 5.41) is 3.05. The molecule has 2 aromatic rings. The summed E-state index contributed by atoms with van der Waals surface area (Å²) in [5.41, 5.74) is 2.09. The number of carbonyl (C=O) groups excluding carboxylic acids is 2. The van der Waals surface area contributed by atoms with Gasteiger partial charge in [0.15, 0.2) is 0 Å². The Kier molecular flexibility index (Phi) is 6.53. The van der Waals surface area contributed by atoms with E-state index in [-0.39, 0.29) is 24.5 Å². The fourth-order valence-corrected chi connectivity index (χ4v) is 3.39. The summed E-state index contributed by atoms with van der Waals surface area (Å²) in [6.45, 7) is 3.70. The molecule has 3 rings (SSSR count). The van der Waals surface area contributed by atoms with E-state index in [1.54, 1.807) is 16.9 Å². The van der Waals surface area contributed by atoms with Crippen molar-refractivity contribution in [1.29, 1.82) is 0 Å². The zero-order valence-corrected chi connectivity index (χ0v) is 16.4. The molecule has 6 nitrogen and oxygen atoms in total. The van der Waals surface area contributed by atoms with Crippen molar-refractivity contribution >= 4 is 11.9 Å². The van der Waals surface area contributed by atoms with Crippen molar-refractivity contribution in [3.63, 3.8) is 0 Å². The predicted octanol–water partition coefficient (Wildman–Crippen LogP) is 3.20. The van der Waals surface area contributed by atoms with Crippen molar-refractivity contribution in [2.24, 2.45) is 0 Å². The number of nitrogens with zero attached hydrogens (tertiary/aromatic N) is 2. The van der Waals surface area contributed by atoms with E-state index in [0.29, 0.717) is 19.6 Å². The second-order valence-electron chi connectivity index (χ2n) is 6.91. The lowest BCUT2D eigenvalue weighted by Gasteiger charge is -2.35. The van der Waals surface area contributed by atoms with Gasteiger partial charge in [0, 0.05) is 19.6 Å². The number of urea groups is 1. The standard InChI is InChI=1S/C22H27N3O3/c1-3-20(18-9-5-4-6-10-18)23-22(27)25-13-12-24(21(26)16-25)15-17-8-7-11-19(14-17)28-2/h4-11,14,20H,3,12-13,15-16H2,1-2H3,(H,23,27)/t20-/m0/s1. The number of methoxy groups -OCH3 is 1. The van der Waals surface area contributed by atoms with Crippen molar-refractivity contribution < 1.29 is 14.3 Å². The fourth-order valence-electron chi connectivity index (χ4n) is 3.39. The Labute approximate surface area is 166 Å². The number of hydrogen-bond donors (Lipinski definition) is 1. The van der Waals surface area contributed by atoms with E-state index in [4.69, 9.17) is 4.74 Å². The van der Waals surface area contributed by atoms with Crippen LogP contribution in [0.2, 0.25) is 0 Å². The molecule has 0 aliphatic carbocycles. The van der Waals surface area contributed by atoms with E-state index >= 15 is 0 Å². The minimum Gasteiger partial charge on any atom is -0.497 e. The number of amides is 3. The second kappa shape index (κ2) is 9.26. The highest BCUT2D eigenvalue weighted by Crippen LogP contribution is 2.18. The quantitative estimate of drug-likeness (QED) is 0.836. The number of benzene rings is 2. The van der Waals surface area contributed by atoms with Crippen molar-refractivity contribution in [3.8, 4) is 5.75 Å². The normalized spacial score (nSPS) is 15.3. The lowest BCUT2D eigenvalue weighted by molar-refractivity contribution is -0.135. The summed E-state index contributed by atoms with van der Waals surface area (Å²) in [5.74, 6) is 0.728. The van der Waals surface area contributed by atoms with Crippen LogP contribution in [0.15, 0.2) is 54.6 Å². The molecule has 1 heterocycles. The number of carbonyl (C=O) groups is 2. The first kappa shape index (κ1) is 19.7. The third-order valence-electron chi connectivity index (χ3n) is 5.02. The van der Waals surface area contributed by atoms with Gasteiger partial charge in [0.25, 0.3) is 0 Å². The van der Waals surface area contributed by atoms with Crippen LogP contribution >= 0.6 is 0 Å². The van der Waals surface area contributed by atoms with Crippen molar-refractivity contribution in [2.75, 3.05) is 26.7 Å². The molecule has 0 unspecified atom stereocenters. The minimum atomic E-state index is -0.190. The van der Waals surface area contributed by atoms with Gasteiger partial charge in [0.1, 0.15) is 12.3 Å². The van der Waals surface area contributed by atoms with Gasteiger partial charge in [-0.05, 0) is 29.7 Å². The molecule has 0 bridgehead atoms. The smallest absolute Gasteiger partial charge is 0.318 e. The molecular formula is C22H27N3O3. The molecule has 0 spiro atoms. The molecule has 28 heavy (non-hydrogen) atoms. The molecule has 0 saturated carbocycles. The van der Waals surface area contributed by atoms with Gasteiger partial charge >= 0.3 is 6.03 Å². The van der Waals surface area contributed by atoms with Gasteiger partial charge in [-0.15, -0.1) is 0 Å². The number of hydrogen-bond acceptors (Lipinski definition) is 3. The molecule has 1 saturated heterocycles. The van der Waals surface area contributed by atoms with Gasteiger partial charge in [0.2, 0.25) is 5.91 Å². The zero-order valence-electron chi connectivity index (χ0n) is 16.4. The highest BCUT2D eigenvalue weighted by Gasteiger charge is 2.28. The van der Waals surface area contributed by atoms with Gasteiger partial charge in [0.05, 0.1) is 13.2 Å². The second-order valence-corrected chi connectivity index (χ2v) is 6.91. The Morgan fingerprint density at radius 3 is 2.61 bits per heavy atom. The van der Waals surface area contributed by atoms with E-state index in [1.807, 2.05) is 61.5 Å². The highest BCUT2D eigenvalue weighted by atomic mass is 16.5. The summed E-state index contributed by atoms with van der Waals surface area (Å²) in [4.78, 5) is 28.6. The van der Waals surface area contributed by atoms with Crippen molar-refractivity contribution in [3.05, 3.63) is 65.7 Å². The first-order chi connectivity index (χ1) is 13.6. The van der Waals surface area contributed by atoms with Gasteiger partial charge < -0.3 is 19.9 Å². The fraction of sp³-hybridized carbons (Fsp3) is 0.364. The molecule has 1 atom stereocenters. The molecule has 1 fully saturated rings. The SMILES string of the molecule is CC[C@H](NC(=O)N1CCN(Cc2cccc(OC)c2)C(=O)C1)c1ccccc1. The average molecular weight is 381 g/mol. The predicted molar refractivity (Wildman–Crippen MR) is 108 cm³/mol. The van der Waals surface area contributed by atoms with Crippen LogP contribution in [0.25, 0.3) is 0 Å². The molecule has 6 heteroatoms. The Hall–Kier alpha value is -3.02. The summed E-state index contributed by atoms with van der Waals surface area (Å²) in [6, 6.07) is 17.3. The first-order valence-electron chi connectivity index (χ1n) is 9.61. The van der Waals surface area contributed by atoms with E-state index in [1.165, 1.54) is 0 Å². The average Bonchev–Trinajstić information content (AvgIpc) is 2.74. The van der Waals surface area contributed by atoms with Crippen LogP contribution in [0.1, 0.15) is 30.5 Å². The van der Waals surface area contributed by atoms with E-state index < -0.39 is 0 Å². The van der Waals surface area contributed by atoms with E-state index in [0.717, 1.165) is 23.3 Å². The first-order valence-corrected chi connectivity index (χ1v) is 9.61. The molecule has 0 radical (unpaired) electrons. The third-order valence-corrected chi connectivity index (χ3v) is 5.02. The topological polar surface area (TPSA) is 61.9 Å². The van der Waals surface area contributed by atoms with Crippen LogP contribution < -0.4 is 10.1 Å². The molecule has 2 aromatic carbocycles. The Morgan fingerprint density at radius 2 is 1.93 bits per heavy atom. The molecule has 3 amide bonds. The molecule has 1 N–H and O–H groups in total. The summed E-state index contributed by atoms with van der Waals surface area (Å²) in [6.07, 6.45) is 0.791. The Bertz CT molecular complexity index is 810. The maximum atomic E-state index is 12.7. The Morgan fingerprint density at radius 1 is 1.14 bits per heavy atom. The zero-order chi connectivity index (χ0) is 19.9. The number of ether oxygens (including phenoxy) is 1. The minimum absolute atomic E-state index is 0.0445. The summed E-state index contributed by atoms with van der Waals surface area (Å²) in [7, 11) is 1.63. The molecule has 1 aliphatic rings. The van der Waals surface area contributed by atoms with Crippen molar-refractivity contribution in [1.82, 2.24) is 15.1 Å². The van der Waals surface area contributed by atoms with Gasteiger partial charge in [-0.3, -0.25) is 4.79 Å². The van der Waals surface area contributed by atoms with E-state index in [2.05, 4.69) is 5.32 Å². The van der Waals surface area contributed by atoms with Crippen LogP contribution in [0, 0.1) is 0 Å². The van der Waals surface area contributed by atoms with Crippen LogP contribution in [-0.2, 0) is 11.3 Å². The molecule has 1 aliphatic heterocycles. The van der Waals surface area contributed by atoms with Gasteiger partial charge in [-0.25, -0.2) is 4.79 Å². The monoisotopic (exact) mass is 381 g/mol. The summed E-state index contributed by atoms with van der Waals surface area (Å²) < 4.78 is 5.24. The number of piperazine rings is 1. The molecule has 0 aromatic heterocycles. The third kappa shape index (κ3) is 4.82. The lowest BCUT2D eigenvalue weighted by Crippen LogP contribution is -2.54. The van der Waals surface area contributed by atoms with Crippen molar-refractivity contribution in [2.45, 2.75) is 25.9 Å². The van der Waals surface area contributed by atoms with Crippen LogP contribution in [0.4, 0.5) is 4.79 Å². The summed E-state index contributed by atoms with van der Waals surface area (Å²) >= 11 is 0. The van der Waals surface area contributed by atoms with Gasteiger partial charge in [-0.1, -0.05) is 49.4 Å². The maximum Gasteiger partial charge on any atom is 0.318 e. The molecular weight excluding hydrogens is 354 g/mol. The highest BCUT2D eigenvalue weighted by molar-refractivity contribution is 5.85. The maximum absolute atomic E-state index is 12.7. The number of rotatable bonds is 6. The van der Waals surface area contributed by atoms with Crippen LogP contribution in [0.5, 0.6) is 5.75 Å². The van der Waals surface area contributed by atoms with Crippen LogP contribution in [-0.4, -0.2) is 48.5 Å². The number of nitrogens with one attached hydrogen (secondary N) is 1. The van der Waals surface area contributed by atoms with Gasteiger partial charge in [-0.2, -0.15) is 0 Å². The Balaban J connectivity index is 1.56. The lowest BCUT2D eigenvalue weighted by atomic mass is 10.1. The van der Waals surface area contributed by atoms with Crippen LogP contribution in [0.3, 0.4) is 0 Å². The largest absolute Gasteiger partial charge is 0.497 e. The van der Waals surface area contributed by atoms with E-state index in [9.17, 15) is 9.59 Å². The molecule has 148 valence electrons.